The van der Waals surface area contributed by atoms with Crippen molar-refractivity contribution in [1.82, 2.24) is 4.90 Å². The number of hydrogen-bond acceptors (Lipinski definition) is 3. The summed E-state index contributed by atoms with van der Waals surface area (Å²) in [6, 6.07) is 11.7. The summed E-state index contributed by atoms with van der Waals surface area (Å²) in [5, 5.41) is 10.6. The van der Waals surface area contributed by atoms with Crippen LogP contribution in [0, 0.1) is 11.6 Å². The van der Waals surface area contributed by atoms with Gasteiger partial charge in [0.15, 0.2) is 0 Å². The van der Waals surface area contributed by atoms with Crippen LogP contribution in [0.15, 0.2) is 48.5 Å². The lowest BCUT2D eigenvalue weighted by atomic mass is 10.1. The van der Waals surface area contributed by atoms with E-state index in [2.05, 4.69) is 0 Å². The van der Waals surface area contributed by atoms with Crippen molar-refractivity contribution in [3.8, 4) is 5.75 Å². The molecule has 4 nitrogen and oxygen atoms in total. The summed E-state index contributed by atoms with van der Waals surface area (Å²) >= 11 is 0. The maximum Gasteiger partial charge on any atom is 0.254 e. The minimum absolute atomic E-state index is 0.0400. The molecule has 0 radical (unpaired) electrons. The maximum atomic E-state index is 13.3. The number of hydrogen-bond donors (Lipinski definition) is 1. The lowest BCUT2D eigenvalue weighted by molar-refractivity contribution is 0.00430. The summed E-state index contributed by atoms with van der Waals surface area (Å²) in [5.74, 6) is -1.49. The summed E-state index contributed by atoms with van der Waals surface area (Å²) in [4.78, 5) is 13.7. The average molecular weight is 333 g/mol. The van der Waals surface area contributed by atoms with Crippen molar-refractivity contribution in [2.24, 2.45) is 0 Å². The van der Waals surface area contributed by atoms with Crippen molar-refractivity contribution in [2.75, 3.05) is 19.7 Å². The summed E-state index contributed by atoms with van der Waals surface area (Å²) in [6.45, 7) is 0.390. The maximum absolute atomic E-state index is 13.3. The smallest absolute Gasteiger partial charge is 0.254 e. The molecule has 1 atom stereocenters. The van der Waals surface area contributed by atoms with E-state index in [1.165, 1.54) is 4.90 Å². The van der Waals surface area contributed by atoms with Crippen molar-refractivity contribution in [2.45, 2.75) is 12.0 Å². The van der Waals surface area contributed by atoms with Crippen LogP contribution in [-0.2, 0) is 0 Å². The normalized spacial score (nSPS) is 20.2. The number of benzene rings is 2. The first-order valence-corrected chi connectivity index (χ1v) is 7.61. The summed E-state index contributed by atoms with van der Waals surface area (Å²) in [7, 11) is 0. The Morgan fingerprint density at radius 1 is 1.17 bits per heavy atom. The molecule has 0 spiro atoms. The molecule has 0 aliphatic carbocycles. The predicted molar refractivity (Wildman–Crippen MR) is 83.8 cm³/mol. The molecule has 1 fully saturated rings. The largest absolute Gasteiger partial charge is 0.491 e. The summed E-state index contributed by atoms with van der Waals surface area (Å²) in [6.07, 6.45) is 0.337. The number of halogens is 2. The van der Waals surface area contributed by atoms with Crippen molar-refractivity contribution in [3.05, 3.63) is 65.7 Å². The highest BCUT2D eigenvalue weighted by atomic mass is 19.1. The highest BCUT2D eigenvalue weighted by molar-refractivity contribution is 5.94. The van der Waals surface area contributed by atoms with Gasteiger partial charge in [-0.3, -0.25) is 4.79 Å². The Bertz CT molecular complexity index is 718. The molecule has 1 N–H and O–H groups in total. The quantitative estimate of drug-likeness (QED) is 0.936. The van der Waals surface area contributed by atoms with Crippen molar-refractivity contribution < 1.29 is 23.4 Å². The topological polar surface area (TPSA) is 49.8 Å². The van der Waals surface area contributed by atoms with Crippen LogP contribution >= 0.6 is 0 Å². The average Bonchev–Trinajstić information content (AvgIpc) is 2.95. The molecule has 1 aliphatic rings. The van der Waals surface area contributed by atoms with Gasteiger partial charge >= 0.3 is 0 Å². The van der Waals surface area contributed by atoms with Gasteiger partial charge in [0.1, 0.15) is 29.6 Å². The van der Waals surface area contributed by atoms with Crippen LogP contribution in [0.25, 0.3) is 0 Å². The Balaban J connectivity index is 1.64. The predicted octanol–water partition coefficient (Wildman–Crippen LogP) is 2.62. The van der Waals surface area contributed by atoms with Gasteiger partial charge in [0.25, 0.3) is 5.91 Å². The molecule has 24 heavy (non-hydrogen) atoms. The van der Waals surface area contributed by atoms with Gasteiger partial charge in [-0.1, -0.05) is 18.2 Å². The van der Waals surface area contributed by atoms with Gasteiger partial charge in [-0.15, -0.1) is 0 Å². The van der Waals surface area contributed by atoms with E-state index in [0.29, 0.717) is 24.8 Å². The number of amides is 1. The second-order valence-electron chi connectivity index (χ2n) is 5.96. The zero-order valence-electron chi connectivity index (χ0n) is 12.9. The molecular formula is C18H17F2NO3. The molecule has 0 unspecified atom stereocenters. The van der Waals surface area contributed by atoms with Gasteiger partial charge in [-0.05, 0) is 30.7 Å². The third kappa shape index (κ3) is 3.71. The summed E-state index contributed by atoms with van der Waals surface area (Å²) in [5.41, 5.74) is -1.25. The Morgan fingerprint density at radius 2 is 1.83 bits per heavy atom. The minimum atomic E-state index is -1.18. The molecule has 0 bridgehead atoms. The van der Waals surface area contributed by atoms with Crippen LogP contribution in [0.5, 0.6) is 5.75 Å². The molecule has 0 aromatic heterocycles. The van der Waals surface area contributed by atoms with Crippen LogP contribution in [0.4, 0.5) is 8.78 Å². The van der Waals surface area contributed by atoms with Crippen molar-refractivity contribution >= 4 is 5.91 Å². The molecule has 126 valence electrons. The van der Waals surface area contributed by atoms with Gasteiger partial charge in [-0.2, -0.15) is 0 Å². The van der Waals surface area contributed by atoms with Crippen LogP contribution in [0.3, 0.4) is 0 Å². The summed E-state index contributed by atoms with van der Waals surface area (Å²) < 4.78 is 32.1. The zero-order chi connectivity index (χ0) is 17.2. The molecule has 1 amide bonds. The van der Waals surface area contributed by atoms with E-state index in [9.17, 15) is 18.7 Å². The van der Waals surface area contributed by atoms with E-state index in [-0.39, 0.29) is 18.7 Å². The number of likely N-dealkylation sites (tertiary alicyclic amines) is 1. The SMILES string of the molecule is O=C(c1cc(F)cc(F)c1)N1CC[C@@](O)(COc2ccccc2)C1. The Hall–Kier alpha value is -2.47. The van der Waals surface area contributed by atoms with Gasteiger partial charge in [0, 0.05) is 18.2 Å². The molecule has 1 saturated heterocycles. The second-order valence-corrected chi connectivity index (χ2v) is 5.96. The van der Waals surface area contributed by atoms with E-state index in [1.807, 2.05) is 18.2 Å². The van der Waals surface area contributed by atoms with E-state index in [1.54, 1.807) is 12.1 Å². The molecule has 2 aromatic rings. The second kappa shape index (κ2) is 6.57. The Morgan fingerprint density at radius 3 is 2.50 bits per heavy atom. The first kappa shape index (κ1) is 16.4. The van der Waals surface area contributed by atoms with Gasteiger partial charge in [-0.25, -0.2) is 8.78 Å². The van der Waals surface area contributed by atoms with Crippen LogP contribution in [0.2, 0.25) is 0 Å². The minimum Gasteiger partial charge on any atom is -0.491 e. The van der Waals surface area contributed by atoms with Gasteiger partial charge in [0.05, 0.1) is 6.54 Å². The fraction of sp³-hybridized carbons (Fsp3) is 0.278. The Kier molecular flexibility index (Phi) is 4.49. The number of carbonyl (C=O) groups is 1. The zero-order valence-corrected chi connectivity index (χ0v) is 12.9. The molecular weight excluding hydrogens is 316 g/mol. The highest BCUT2D eigenvalue weighted by Gasteiger charge is 2.39. The first-order valence-electron chi connectivity index (χ1n) is 7.61. The number of ether oxygens (including phenoxy) is 1. The number of aliphatic hydroxyl groups is 1. The third-order valence-corrected chi connectivity index (χ3v) is 3.98. The van der Waals surface area contributed by atoms with E-state index in [4.69, 9.17) is 4.74 Å². The fourth-order valence-corrected chi connectivity index (χ4v) is 2.74. The lowest BCUT2D eigenvalue weighted by Crippen LogP contribution is -2.40. The van der Waals surface area contributed by atoms with Crippen LogP contribution < -0.4 is 4.74 Å². The van der Waals surface area contributed by atoms with E-state index >= 15 is 0 Å². The monoisotopic (exact) mass is 333 g/mol. The molecule has 0 saturated carbocycles. The van der Waals surface area contributed by atoms with E-state index < -0.39 is 23.1 Å². The van der Waals surface area contributed by atoms with Gasteiger partial charge in [0.2, 0.25) is 0 Å². The standard InChI is InChI=1S/C18H17F2NO3/c19-14-8-13(9-15(20)10-14)17(22)21-7-6-18(23,11-21)12-24-16-4-2-1-3-5-16/h1-5,8-10,23H,6-7,11-12H2/t18-/m0/s1. The lowest BCUT2D eigenvalue weighted by Gasteiger charge is -2.23. The third-order valence-electron chi connectivity index (χ3n) is 3.98. The molecule has 1 aliphatic heterocycles. The number of carbonyl (C=O) groups excluding carboxylic acids is 1. The number of para-hydroxylation sites is 1. The Labute approximate surface area is 138 Å². The van der Waals surface area contributed by atoms with Gasteiger partial charge < -0.3 is 14.7 Å². The molecule has 3 rings (SSSR count). The fourth-order valence-electron chi connectivity index (χ4n) is 2.74. The first-order chi connectivity index (χ1) is 11.5. The van der Waals surface area contributed by atoms with Crippen molar-refractivity contribution in [1.29, 1.82) is 0 Å². The molecule has 6 heteroatoms. The van der Waals surface area contributed by atoms with Crippen molar-refractivity contribution in [3.63, 3.8) is 0 Å². The number of β-amino-alcohol motifs (C(OH)–C–C–N with tert-alkyl or cyclic N) is 1. The van der Waals surface area contributed by atoms with Crippen LogP contribution in [-0.4, -0.2) is 41.2 Å². The molecule has 1 heterocycles. The highest BCUT2D eigenvalue weighted by Crippen LogP contribution is 2.25. The number of nitrogens with zero attached hydrogens (tertiary/aromatic N) is 1. The van der Waals surface area contributed by atoms with E-state index in [0.717, 1.165) is 12.1 Å². The van der Waals surface area contributed by atoms with Crippen LogP contribution in [0.1, 0.15) is 16.8 Å². The number of rotatable bonds is 4. The molecule has 2 aromatic carbocycles.